The number of hydrogen-bond acceptors (Lipinski definition) is 2. The molecule has 1 aliphatic heterocycles. The van der Waals surface area contributed by atoms with Gasteiger partial charge in [-0.1, -0.05) is 24.3 Å². The molecular formula is C13H18N2O. The highest BCUT2D eigenvalue weighted by atomic mass is 16.1. The molecule has 0 spiro atoms. The number of nitrogens with one attached hydrogen (secondary N) is 1. The highest BCUT2D eigenvalue weighted by Crippen LogP contribution is 2.26. The van der Waals surface area contributed by atoms with Gasteiger partial charge in [-0.25, -0.2) is 0 Å². The van der Waals surface area contributed by atoms with Gasteiger partial charge in [0.05, 0.1) is 6.42 Å². The Morgan fingerprint density at radius 3 is 2.94 bits per heavy atom. The van der Waals surface area contributed by atoms with E-state index in [1.807, 2.05) is 18.2 Å². The lowest BCUT2D eigenvalue weighted by molar-refractivity contribution is -0.117. The van der Waals surface area contributed by atoms with Crippen molar-refractivity contribution in [2.45, 2.75) is 25.2 Å². The van der Waals surface area contributed by atoms with E-state index in [1.165, 1.54) is 18.4 Å². The van der Waals surface area contributed by atoms with E-state index in [1.54, 1.807) is 0 Å². The number of rotatable bonds is 3. The zero-order valence-electron chi connectivity index (χ0n) is 9.41. The van der Waals surface area contributed by atoms with Gasteiger partial charge in [-0.15, -0.1) is 0 Å². The molecule has 3 nitrogen and oxygen atoms in total. The van der Waals surface area contributed by atoms with Gasteiger partial charge in [0, 0.05) is 6.54 Å². The Balaban J connectivity index is 2.20. The van der Waals surface area contributed by atoms with Crippen LogP contribution in [0.3, 0.4) is 0 Å². The zero-order valence-corrected chi connectivity index (χ0v) is 9.41. The average Bonchev–Trinajstić information content (AvgIpc) is 2.30. The summed E-state index contributed by atoms with van der Waals surface area (Å²) in [5.74, 6) is 0.278. The van der Waals surface area contributed by atoms with Crippen molar-refractivity contribution in [3.63, 3.8) is 0 Å². The van der Waals surface area contributed by atoms with Crippen LogP contribution in [0.15, 0.2) is 24.3 Å². The molecule has 1 heterocycles. The second-order valence-electron chi connectivity index (χ2n) is 4.39. The summed E-state index contributed by atoms with van der Waals surface area (Å²) in [4.78, 5) is 11.0. The van der Waals surface area contributed by atoms with Crippen LogP contribution in [-0.4, -0.2) is 19.0 Å². The summed E-state index contributed by atoms with van der Waals surface area (Å²) < 4.78 is 0. The average molecular weight is 218 g/mol. The Bertz CT molecular complexity index is 370. The number of hydrogen-bond donors (Lipinski definition) is 2. The summed E-state index contributed by atoms with van der Waals surface area (Å²) in [6.07, 6.45) is 2.75. The molecule has 86 valence electrons. The van der Waals surface area contributed by atoms with Crippen LogP contribution in [0.5, 0.6) is 0 Å². The number of amides is 1. The first-order chi connectivity index (χ1) is 7.77. The Labute approximate surface area is 96.0 Å². The summed E-state index contributed by atoms with van der Waals surface area (Å²) in [7, 11) is 0. The van der Waals surface area contributed by atoms with Crippen molar-refractivity contribution in [2.24, 2.45) is 5.73 Å². The minimum Gasteiger partial charge on any atom is -0.369 e. The second-order valence-corrected chi connectivity index (χ2v) is 4.39. The third-order valence-corrected chi connectivity index (χ3v) is 3.16. The molecular weight excluding hydrogens is 200 g/mol. The van der Waals surface area contributed by atoms with E-state index in [2.05, 4.69) is 11.4 Å². The van der Waals surface area contributed by atoms with Crippen LogP contribution in [0.2, 0.25) is 0 Å². The normalized spacial score (nSPS) is 20.6. The van der Waals surface area contributed by atoms with Gasteiger partial charge in [0.15, 0.2) is 0 Å². The first-order valence-electron chi connectivity index (χ1n) is 5.84. The largest absolute Gasteiger partial charge is 0.369 e. The molecule has 1 aliphatic rings. The maximum absolute atomic E-state index is 11.0. The summed E-state index contributed by atoms with van der Waals surface area (Å²) in [5.41, 5.74) is 7.64. The van der Waals surface area contributed by atoms with Crippen molar-refractivity contribution in [1.29, 1.82) is 0 Å². The lowest BCUT2D eigenvalue weighted by Crippen LogP contribution is -2.29. The lowest BCUT2D eigenvalue weighted by Gasteiger charge is -2.25. The van der Waals surface area contributed by atoms with Crippen LogP contribution in [0.4, 0.5) is 0 Å². The van der Waals surface area contributed by atoms with E-state index in [-0.39, 0.29) is 5.91 Å². The van der Waals surface area contributed by atoms with Gasteiger partial charge in [-0.2, -0.15) is 0 Å². The third-order valence-electron chi connectivity index (χ3n) is 3.16. The SMILES string of the molecule is NC(=O)Cc1ccccc1C1CCCNC1. The molecule has 1 aromatic carbocycles. The first-order valence-corrected chi connectivity index (χ1v) is 5.84. The molecule has 3 N–H and O–H groups in total. The minimum atomic E-state index is -0.254. The van der Waals surface area contributed by atoms with Crippen molar-refractivity contribution >= 4 is 5.91 Å². The summed E-state index contributed by atoms with van der Waals surface area (Å²) in [5, 5.41) is 3.40. The monoisotopic (exact) mass is 218 g/mol. The minimum absolute atomic E-state index is 0.254. The standard InChI is InChI=1S/C13H18N2O/c14-13(16)8-10-4-1-2-6-12(10)11-5-3-7-15-9-11/h1-2,4,6,11,15H,3,5,7-9H2,(H2,14,16). The summed E-state index contributed by atoms with van der Waals surface area (Å²) >= 11 is 0. The fraction of sp³-hybridized carbons (Fsp3) is 0.462. The van der Waals surface area contributed by atoms with E-state index in [4.69, 9.17) is 5.73 Å². The molecule has 16 heavy (non-hydrogen) atoms. The van der Waals surface area contributed by atoms with Gasteiger partial charge in [-0.05, 0) is 36.4 Å². The topological polar surface area (TPSA) is 55.1 Å². The molecule has 1 unspecified atom stereocenters. The molecule has 0 aromatic heterocycles. The Morgan fingerprint density at radius 2 is 2.25 bits per heavy atom. The summed E-state index contributed by atoms with van der Waals surface area (Å²) in [6.45, 7) is 2.12. The number of benzene rings is 1. The Hall–Kier alpha value is -1.35. The van der Waals surface area contributed by atoms with Crippen molar-refractivity contribution in [3.05, 3.63) is 35.4 Å². The van der Waals surface area contributed by atoms with E-state index < -0.39 is 0 Å². The molecule has 2 rings (SSSR count). The van der Waals surface area contributed by atoms with Crippen LogP contribution in [-0.2, 0) is 11.2 Å². The van der Waals surface area contributed by atoms with Crippen LogP contribution < -0.4 is 11.1 Å². The van der Waals surface area contributed by atoms with E-state index >= 15 is 0 Å². The quantitative estimate of drug-likeness (QED) is 0.800. The molecule has 0 radical (unpaired) electrons. The Kier molecular flexibility index (Phi) is 3.57. The fourth-order valence-corrected chi connectivity index (χ4v) is 2.40. The van der Waals surface area contributed by atoms with Crippen molar-refractivity contribution < 1.29 is 4.79 Å². The molecule has 0 bridgehead atoms. The molecule has 1 aromatic rings. The van der Waals surface area contributed by atoms with Crippen molar-refractivity contribution in [1.82, 2.24) is 5.32 Å². The number of carbonyl (C=O) groups is 1. The molecule has 1 amide bonds. The first kappa shape index (κ1) is 11.1. The fourth-order valence-electron chi connectivity index (χ4n) is 2.40. The Morgan fingerprint density at radius 1 is 1.44 bits per heavy atom. The van der Waals surface area contributed by atoms with E-state index in [0.717, 1.165) is 18.7 Å². The van der Waals surface area contributed by atoms with Gasteiger partial charge < -0.3 is 11.1 Å². The van der Waals surface area contributed by atoms with Gasteiger partial charge in [0.25, 0.3) is 0 Å². The van der Waals surface area contributed by atoms with Crippen molar-refractivity contribution in [2.75, 3.05) is 13.1 Å². The number of nitrogens with two attached hydrogens (primary N) is 1. The lowest BCUT2D eigenvalue weighted by atomic mass is 9.87. The molecule has 1 saturated heterocycles. The van der Waals surface area contributed by atoms with Crippen LogP contribution in [0.1, 0.15) is 29.9 Å². The molecule has 0 aliphatic carbocycles. The molecule has 1 fully saturated rings. The van der Waals surface area contributed by atoms with Gasteiger partial charge in [0.1, 0.15) is 0 Å². The van der Waals surface area contributed by atoms with Crippen LogP contribution in [0.25, 0.3) is 0 Å². The molecule has 0 saturated carbocycles. The van der Waals surface area contributed by atoms with Crippen molar-refractivity contribution in [3.8, 4) is 0 Å². The molecule has 1 atom stereocenters. The predicted molar refractivity (Wildman–Crippen MR) is 64.2 cm³/mol. The van der Waals surface area contributed by atoms with Gasteiger partial charge in [0.2, 0.25) is 5.91 Å². The second kappa shape index (κ2) is 5.12. The maximum atomic E-state index is 11.0. The highest BCUT2D eigenvalue weighted by Gasteiger charge is 2.18. The molecule has 3 heteroatoms. The summed E-state index contributed by atoms with van der Waals surface area (Å²) in [6, 6.07) is 8.14. The highest BCUT2D eigenvalue weighted by molar-refractivity contribution is 5.77. The zero-order chi connectivity index (χ0) is 11.4. The number of primary amides is 1. The van der Waals surface area contributed by atoms with E-state index in [9.17, 15) is 4.79 Å². The van der Waals surface area contributed by atoms with E-state index in [0.29, 0.717) is 12.3 Å². The van der Waals surface area contributed by atoms with Gasteiger partial charge in [-0.3, -0.25) is 4.79 Å². The third kappa shape index (κ3) is 2.61. The predicted octanol–water partition coefficient (Wildman–Crippen LogP) is 1.18. The number of piperidine rings is 1. The maximum Gasteiger partial charge on any atom is 0.221 e. The van der Waals surface area contributed by atoms with Crippen LogP contribution in [0, 0.1) is 0 Å². The number of carbonyl (C=O) groups excluding carboxylic acids is 1. The van der Waals surface area contributed by atoms with Gasteiger partial charge >= 0.3 is 0 Å². The smallest absolute Gasteiger partial charge is 0.221 e. The van der Waals surface area contributed by atoms with Crippen LogP contribution >= 0.6 is 0 Å².